The second-order valence-corrected chi connectivity index (χ2v) is 6.49. The molecule has 0 bridgehead atoms. The second-order valence-electron chi connectivity index (χ2n) is 6.49. The van der Waals surface area contributed by atoms with E-state index in [-0.39, 0.29) is 5.91 Å². The van der Waals surface area contributed by atoms with Crippen molar-refractivity contribution in [2.24, 2.45) is 0 Å². The van der Waals surface area contributed by atoms with Gasteiger partial charge in [-0.15, -0.1) is 0 Å². The summed E-state index contributed by atoms with van der Waals surface area (Å²) in [5.41, 5.74) is 3.10. The molecule has 5 heteroatoms. The third-order valence-electron chi connectivity index (χ3n) is 4.41. The van der Waals surface area contributed by atoms with Crippen LogP contribution in [0, 0.1) is 0 Å². The Morgan fingerprint density at radius 2 is 1.68 bits per heavy atom. The smallest absolute Gasteiger partial charge is 0.224 e. The minimum atomic E-state index is -0.00846. The lowest BCUT2D eigenvalue weighted by Crippen LogP contribution is -2.13. The Balaban J connectivity index is 1.40. The molecule has 0 atom stereocenters. The van der Waals surface area contributed by atoms with Gasteiger partial charge in [-0.2, -0.15) is 0 Å². The highest BCUT2D eigenvalue weighted by atomic mass is 16.5. The van der Waals surface area contributed by atoms with E-state index in [2.05, 4.69) is 27.8 Å². The Hall–Kier alpha value is -3.34. The van der Waals surface area contributed by atoms with Gasteiger partial charge in [0, 0.05) is 13.0 Å². The molecular weight excluding hydrogens is 350 g/mol. The van der Waals surface area contributed by atoms with E-state index < -0.39 is 0 Å². The van der Waals surface area contributed by atoms with E-state index in [9.17, 15) is 4.79 Å². The molecule has 0 fully saturated rings. The summed E-state index contributed by atoms with van der Waals surface area (Å²) < 4.78 is 5.16. The average molecular weight is 375 g/mol. The molecule has 2 aromatic carbocycles. The van der Waals surface area contributed by atoms with Gasteiger partial charge < -0.3 is 15.4 Å². The third-order valence-corrected chi connectivity index (χ3v) is 4.41. The van der Waals surface area contributed by atoms with Gasteiger partial charge >= 0.3 is 0 Å². The van der Waals surface area contributed by atoms with Crippen LogP contribution in [0.4, 0.5) is 11.5 Å². The molecule has 0 radical (unpaired) electrons. The molecule has 0 aliphatic rings. The molecule has 3 aromatic rings. The summed E-state index contributed by atoms with van der Waals surface area (Å²) in [5, 5.41) is 6.18. The summed E-state index contributed by atoms with van der Waals surface area (Å²) in [7, 11) is 1.66. The number of pyridine rings is 1. The number of carbonyl (C=O) groups is 1. The number of aromatic nitrogens is 1. The Bertz CT molecular complexity index is 863. The zero-order valence-electron chi connectivity index (χ0n) is 16.0. The van der Waals surface area contributed by atoms with Gasteiger partial charge in [0.1, 0.15) is 11.6 Å². The lowest BCUT2D eigenvalue weighted by Gasteiger charge is -2.08. The fraction of sp³-hybridized carbons (Fsp3) is 0.217. The number of hydrogen-bond donors (Lipinski definition) is 2. The van der Waals surface area contributed by atoms with E-state index in [0.717, 1.165) is 36.5 Å². The Morgan fingerprint density at radius 3 is 2.36 bits per heavy atom. The van der Waals surface area contributed by atoms with Crippen LogP contribution in [0.3, 0.4) is 0 Å². The van der Waals surface area contributed by atoms with Crippen molar-refractivity contribution >= 4 is 17.4 Å². The first kappa shape index (κ1) is 19.4. The van der Waals surface area contributed by atoms with Gasteiger partial charge in [0.25, 0.3) is 0 Å². The van der Waals surface area contributed by atoms with E-state index in [1.165, 1.54) is 5.56 Å². The number of ether oxygens (including phenoxy) is 1. The van der Waals surface area contributed by atoms with Crippen LogP contribution in [0.15, 0.2) is 72.9 Å². The molecule has 0 saturated heterocycles. The van der Waals surface area contributed by atoms with Crippen LogP contribution in [0.25, 0.3) is 0 Å². The molecule has 5 nitrogen and oxygen atoms in total. The maximum Gasteiger partial charge on any atom is 0.224 e. The molecule has 1 heterocycles. The molecule has 144 valence electrons. The third kappa shape index (κ3) is 6.13. The van der Waals surface area contributed by atoms with Crippen molar-refractivity contribution in [3.05, 3.63) is 84.1 Å². The maximum absolute atomic E-state index is 12.1. The lowest BCUT2D eigenvalue weighted by molar-refractivity contribution is -0.116. The van der Waals surface area contributed by atoms with Crippen molar-refractivity contribution in [3.63, 3.8) is 0 Å². The summed E-state index contributed by atoms with van der Waals surface area (Å²) >= 11 is 0. The SMILES string of the molecule is COc1ccc(CCNc2ccc(NC(=O)CCc3ccccc3)cn2)cc1. The number of carbonyl (C=O) groups excluding carboxylic acids is 1. The number of nitrogens with one attached hydrogen (secondary N) is 2. The average Bonchev–Trinajstić information content (AvgIpc) is 2.75. The quantitative estimate of drug-likeness (QED) is 0.585. The van der Waals surface area contributed by atoms with Crippen LogP contribution in [-0.2, 0) is 17.6 Å². The van der Waals surface area contributed by atoms with Crippen LogP contribution in [0.5, 0.6) is 5.75 Å². The largest absolute Gasteiger partial charge is 0.497 e. The predicted octanol–water partition coefficient (Wildman–Crippen LogP) is 4.32. The van der Waals surface area contributed by atoms with Crippen molar-refractivity contribution in [3.8, 4) is 5.75 Å². The molecule has 0 spiro atoms. The number of rotatable bonds is 9. The van der Waals surface area contributed by atoms with Crippen LogP contribution in [0.1, 0.15) is 17.5 Å². The fourth-order valence-electron chi connectivity index (χ4n) is 2.83. The topological polar surface area (TPSA) is 63.2 Å². The van der Waals surface area contributed by atoms with Gasteiger partial charge in [0.2, 0.25) is 5.91 Å². The maximum atomic E-state index is 12.1. The number of hydrogen-bond acceptors (Lipinski definition) is 4. The molecule has 0 aliphatic carbocycles. The van der Waals surface area contributed by atoms with E-state index in [0.29, 0.717) is 12.1 Å². The summed E-state index contributed by atoms with van der Waals surface area (Å²) in [6, 6.07) is 21.8. The summed E-state index contributed by atoms with van der Waals surface area (Å²) in [5.74, 6) is 1.64. The van der Waals surface area contributed by atoms with Gasteiger partial charge in [-0.3, -0.25) is 4.79 Å². The van der Waals surface area contributed by atoms with Crippen LogP contribution < -0.4 is 15.4 Å². The van der Waals surface area contributed by atoms with Crippen molar-refractivity contribution in [2.45, 2.75) is 19.3 Å². The summed E-state index contributed by atoms with van der Waals surface area (Å²) in [6.45, 7) is 0.780. The predicted molar refractivity (Wildman–Crippen MR) is 113 cm³/mol. The van der Waals surface area contributed by atoms with Gasteiger partial charge in [0.15, 0.2) is 0 Å². The summed E-state index contributed by atoms with van der Waals surface area (Å²) in [4.78, 5) is 16.4. The standard InChI is InChI=1S/C23H25N3O2/c1-28-21-11-7-19(8-12-21)15-16-24-22-13-10-20(17-25-22)26-23(27)14-9-18-5-3-2-4-6-18/h2-8,10-13,17H,9,14-16H2,1H3,(H,24,25)(H,26,27). The van der Waals surface area contributed by atoms with Crippen molar-refractivity contribution in [1.29, 1.82) is 0 Å². The van der Waals surface area contributed by atoms with Gasteiger partial charge in [-0.1, -0.05) is 42.5 Å². The molecular formula is C23H25N3O2. The first-order chi connectivity index (χ1) is 13.7. The highest BCUT2D eigenvalue weighted by Crippen LogP contribution is 2.13. The molecule has 3 rings (SSSR count). The molecule has 1 aromatic heterocycles. The zero-order valence-corrected chi connectivity index (χ0v) is 16.0. The zero-order chi connectivity index (χ0) is 19.6. The van der Waals surface area contributed by atoms with Gasteiger partial charge in [-0.25, -0.2) is 4.98 Å². The number of amides is 1. The normalized spacial score (nSPS) is 10.3. The molecule has 0 aliphatic heterocycles. The van der Waals surface area contributed by atoms with Crippen LogP contribution >= 0.6 is 0 Å². The van der Waals surface area contributed by atoms with Gasteiger partial charge in [0.05, 0.1) is 19.0 Å². The number of anilines is 2. The molecule has 28 heavy (non-hydrogen) atoms. The minimum absolute atomic E-state index is 0.00846. The van der Waals surface area contributed by atoms with E-state index in [1.54, 1.807) is 13.3 Å². The first-order valence-electron chi connectivity index (χ1n) is 9.39. The molecule has 2 N–H and O–H groups in total. The van der Waals surface area contributed by atoms with Crippen molar-refractivity contribution in [1.82, 2.24) is 4.98 Å². The summed E-state index contributed by atoms with van der Waals surface area (Å²) in [6.07, 6.45) is 3.75. The molecule has 1 amide bonds. The Morgan fingerprint density at radius 1 is 0.929 bits per heavy atom. The number of benzene rings is 2. The number of methoxy groups -OCH3 is 1. The van der Waals surface area contributed by atoms with Gasteiger partial charge in [-0.05, 0) is 48.2 Å². The van der Waals surface area contributed by atoms with E-state index in [1.807, 2.05) is 54.6 Å². The fourth-order valence-corrected chi connectivity index (χ4v) is 2.83. The minimum Gasteiger partial charge on any atom is -0.497 e. The first-order valence-corrected chi connectivity index (χ1v) is 9.39. The van der Waals surface area contributed by atoms with Crippen LogP contribution in [-0.4, -0.2) is 24.5 Å². The lowest BCUT2D eigenvalue weighted by atomic mass is 10.1. The van der Waals surface area contributed by atoms with E-state index >= 15 is 0 Å². The number of nitrogens with zero attached hydrogens (tertiary/aromatic N) is 1. The molecule has 0 unspecified atom stereocenters. The molecule has 0 saturated carbocycles. The monoisotopic (exact) mass is 375 g/mol. The Labute approximate surface area is 165 Å². The highest BCUT2D eigenvalue weighted by Gasteiger charge is 2.04. The second kappa shape index (κ2) is 10.1. The van der Waals surface area contributed by atoms with Crippen LogP contribution in [0.2, 0.25) is 0 Å². The van der Waals surface area contributed by atoms with Crippen molar-refractivity contribution in [2.75, 3.05) is 24.3 Å². The van der Waals surface area contributed by atoms with E-state index in [4.69, 9.17) is 4.74 Å². The number of aryl methyl sites for hydroxylation is 1. The highest BCUT2D eigenvalue weighted by molar-refractivity contribution is 5.90. The van der Waals surface area contributed by atoms with Crippen molar-refractivity contribution < 1.29 is 9.53 Å². The Kier molecular flexibility index (Phi) is 7.01.